The van der Waals surface area contributed by atoms with Crippen LogP contribution in [0.5, 0.6) is 0 Å². The van der Waals surface area contributed by atoms with Crippen LogP contribution in [0.25, 0.3) is 0 Å². The molecule has 2 aromatic rings. The molecule has 1 aliphatic rings. The van der Waals surface area contributed by atoms with Gasteiger partial charge in [0.15, 0.2) is 0 Å². The fourth-order valence-electron chi connectivity index (χ4n) is 3.24. The van der Waals surface area contributed by atoms with E-state index < -0.39 is 5.41 Å². The van der Waals surface area contributed by atoms with E-state index in [0.29, 0.717) is 11.4 Å². The molecule has 0 radical (unpaired) electrons. The van der Waals surface area contributed by atoms with Crippen LogP contribution in [0.3, 0.4) is 0 Å². The van der Waals surface area contributed by atoms with Crippen LogP contribution in [-0.2, 0) is 15.0 Å². The highest BCUT2D eigenvalue weighted by atomic mass is 32.1. The summed E-state index contributed by atoms with van der Waals surface area (Å²) in [5.74, 6) is -0.0725. The van der Waals surface area contributed by atoms with Crippen LogP contribution in [0.1, 0.15) is 37.5 Å². The van der Waals surface area contributed by atoms with Gasteiger partial charge in [0.2, 0.25) is 11.8 Å². The predicted octanol–water partition coefficient (Wildman–Crippen LogP) is 4.16. The maximum absolute atomic E-state index is 13.0. The van der Waals surface area contributed by atoms with Crippen LogP contribution in [0.2, 0.25) is 0 Å². The smallest absolute Gasteiger partial charge is 0.235 e. The van der Waals surface area contributed by atoms with Crippen molar-refractivity contribution in [2.75, 3.05) is 10.6 Å². The Bertz CT molecular complexity index is 704. The van der Waals surface area contributed by atoms with Gasteiger partial charge in [-0.05, 0) is 42.5 Å². The highest BCUT2D eigenvalue weighted by Crippen LogP contribution is 2.44. The summed E-state index contributed by atoms with van der Waals surface area (Å²) in [6.07, 6.45) is 3.95. The Morgan fingerprint density at radius 1 is 1.04 bits per heavy atom. The van der Waals surface area contributed by atoms with Crippen LogP contribution >= 0.6 is 11.3 Å². The number of anilines is 2. The number of amides is 2. The summed E-state index contributed by atoms with van der Waals surface area (Å²) in [4.78, 5) is 25.3. The lowest BCUT2D eigenvalue weighted by molar-refractivity contribution is -0.121. The van der Waals surface area contributed by atoms with E-state index in [4.69, 9.17) is 0 Å². The van der Waals surface area contributed by atoms with Gasteiger partial charge in [0, 0.05) is 23.2 Å². The minimum absolute atomic E-state index is 0.0532. The number of hydrogen-bond donors (Lipinski definition) is 2. The number of nitrogens with one attached hydrogen (secondary N) is 2. The van der Waals surface area contributed by atoms with Gasteiger partial charge < -0.3 is 10.6 Å². The van der Waals surface area contributed by atoms with Gasteiger partial charge in [0.05, 0.1) is 5.41 Å². The van der Waals surface area contributed by atoms with Crippen LogP contribution < -0.4 is 10.6 Å². The number of rotatable bonds is 4. The lowest BCUT2D eigenvalue weighted by Gasteiger charge is -2.26. The molecule has 5 heteroatoms. The van der Waals surface area contributed by atoms with E-state index in [1.54, 1.807) is 17.4 Å². The molecule has 120 valence electrons. The minimum atomic E-state index is -0.405. The zero-order valence-electron chi connectivity index (χ0n) is 13.1. The summed E-state index contributed by atoms with van der Waals surface area (Å²) in [6, 6.07) is 11.3. The lowest BCUT2D eigenvalue weighted by Crippen LogP contribution is -2.37. The van der Waals surface area contributed by atoms with Crippen LogP contribution in [0.15, 0.2) is 41.8 Å². The van der Waals surface area contributed by atoms with Crippen LogP contribution in [0, 0.1) is 0 Å². The number of carbonyl (C=O) groups excluding carboxylic acids is 2. The second-order valence-corrected chi connectivity index (χ2v) is 6.93. The van der Waals surface area contributed by atoms with Crippen molar-refractivity contribution >= 4 is 34.5 Å². The van der Waals surface area contributed by atoms with Gasteiger partial charge in [-0.15, -0.1) is 11.3 Å². The monoisotopic (exact) mass is 328 g/mol. The van der Waals surface area contributed by atoms with Crippen LogP contribution in [0.4, 0.5) is 11.4 Å². The largest absolute Gasteiger partial charge is 0.326 e. The molecule has 1 saturated carbocycles. The first-order valence-electron chi connectivity index (χ1n) is 7.83. The van der Waals surface area contributed by atoms with E-state index in [9.17, 15) is 9.59 Å². The third kappa shape index (κ3) is 3.29. The normalized spacial score (nSPS) is 16.0. The molecule has 4 nitrogen and oxygen atoms in total. The van der Waals surface area contributed by atoms with E-state index in [1.807, 2.05) is 29.6 Å². The number of carbonyl (C=O) groups is 2. The molecule has 1 aromatic carbocycles. The van der Waals surface area contributed by atoms with E-state index >= 15 is 0 Å². The van der Waals surface area contributed by atoms with Crippen molar-refractivity contribution in [1.29, 1.82) is 0 Å². The van der Waals surface area contributed by atoms with Gasteiger partial charge in [-0.1, -0.05) is 25.0 Å². The highest BCUT2D eigenvalue weighted by Gasteiger charge is 2.43. The van der Waals surface area contributed by atoms with Crippen molar-refractivity contribution in [3.63, 3.8) is 0 Å². The second kappa shape index (κ2) is 6.54. The van der Waals surface area contributed by atoms with E-state index in [0.717, 1.165) is 30.6 Å². The third-order valence-corrected chi connectivity index (χ3v) is 5.40. The molecule has 1 fully saturated rings. The van der Waals surface area contributed by atoms with Gasteiger partial charge >= 0.3 is 0 Å². The average Bonchev–Trinajstić information content (AvgIpc) is 3.19. The topological polar surface area (TPSA) is 58.2 Å². The van der Waals surface area contributed by atoms with Crippen molar-refractivity contribution in [2.24, 2.45) is 0 Å². The summed E-state index contributed by atoms with van der Waals surface area (Å²) < 4.78 is 0. The quantitative estimate of drug-likeness (QED) is 0.885. The van der Waals surface area contributed by atoms with Crippen molar-refractivity contribution in [1.82, 2.24) is 0 Å². The molecule has 0 saturated heterocycles. The van der Waals surface area contributed by atoms with Gasteiger partial charge in [0.1, 0.15) is 0 Å². The maximum atomic E-state index is 13.0. The zero-order valence-corrected chi connectivity index (χ0v) is 13.9. The molecule has 0 atom stereocenters. The summed E-state index contributed by atoms with van der Waals surface area (Å²) in [6.45, 7) is 1.47. The number of benzene rings is 1. The van der Waals surface area contributed by atoms with Crippen LogP contribution in [-0.4, -0.2) is 11.8 Å². The Morgan fingerprint density at radius 2 is 1.74 bits per heavy atom. The fourth-order valence-corrected chi connectivity index (χ4v) is 4.23. The first kappa shape index (κ1) is 15.7. The molecule has 1 aliphatic carbocycles. The standard InChI is InChI=1S/C18H20N2O2S/c1-13(21)19-14-6-4-7-15(12-14)20-17(22)18(9-2-3-10-18)16-8-5-11-23-16/h4-8,11-12H,2-3,9-10H2,1H3,(H,19,21)(H,20,22). The van der Waals surface area contributed by atoms with Gasteiger partial charge in [0.25, 0.3) is 0 Å². The van der Waals surface area contributed by atoms with E-state index in [2.05, 4.69) is 16.7 Å². The molecule has 1 heterocycles. The Kier molecular flexibility index (Phi) is 4.48. The lowest BCUT2D eigenvalue weighted by atomic mass is 9.83. The molecule has 0 bridgehead atoms. The second-order valence-electron chi connectivity index (χ2n) is 5.98. The Hall–Kier alpha value is -2.14. The minimum Gasteiger partial charge on any atom is -0.326 e. The van der Waals surface area contributed by atoms with Crippen molar-refractivity contribution in [3.8, 4) is 0 Å². The Labute approximate surface area is 139 Å². The Morgan fingerprint density at radius 3 is 2.35 bits per heavy atom. The van der Waals surface area contributed by atoms with Gasteiger partial charge in [-0.25, -0.2) is 0 Å². The van der Waals surface area contributed by atoms with E-state index in [-0.39, 0.29) is 11.8 Å². The molecule has 2 N–H and O–H groups in total. The molecular weight excluding hydrogens is 308 g/mol. The maximum Gasteiger partial charge on any atom is 0.235 e. The Balaban J connectivity index is 1.81. The van der Waals surface area contributed by atoms with Gasteiger partial charge in [-0.2, -0.15) is 0 Å². The molecule has 23 heavy (non-hydrogen) atoms. The number of thiophene rings is 1. The molecule has 0 spiro atoms. The van der Waals surface area contributed by atoms with Crippen molar-refractivity contribution in [3.05, 3.63) is 46.7 Å². The fraction of sp³-hybridized carbons (Fsp3) is 0.333. The first-order chi connectivity index (χ1) is 11.1. The van der Waals surface area contributed by atoms with Gasteiger partial charge in [-0.3, -0.25) is 9.59 Å². The predicted molar refractivity (Wildman–Crippen MR) is 93.8 cm³/mol. The summed E-state index contributed by atoms with van der Waals surface area (Å²) >= 11 is 1.65. The van der Waals surface area contributed by atoms with E-state index in [1.165, 1.54) is 6.92 Å². The average molecular weight is 328 g/mol. The zero-order chi connectivity index (χ0) is 16.3. The summed E-state index contributed by atoms with van der Waals surface area (Å²) in [5.41, 5.74) is 0.994. The van der Waals surface area contributed by atoms with Crippen molar-refractivity contribution < 1.29 is 9.59 Å². The molecule has 3 rings (SSSR count). The molecule has 0 aliphatic heterocycles. The highest BCUT2D eigenvalue weighted by molar-refractivity contribution is 7.10. The molecule has 1 aromatic heterocycles. The summed E-state index contributed by atoms with van der Waals surface area (Å²) in [7, 11) is 0. The molecule has 2 amide bonds. The third-order valence-electron chi connectivity index (χ3n) is 4.33. The SMILES string of the molecule is CC(=O)Nc1cccc(NC(=O)C2(c3cccs3)CCCC2)c1. The summed E-state index contributed by atoms with van der Waals surface area (Å²) in [5, 5.41) is 7.81. The van der Waals surface area contributed by atoms with Crippen molar-refractivity contribution in [2.45, 2.75) is 38.0 Å². The first-order valence-corrected chi connectivity index (χ1v) is 8.71. The number of hydrogen-bond acceptors (Lipinski definition) is 3. The molecular formula is C18H20N2O2S. The molecule has 0 unspecified atom stereocenters.